The molecular formula is C14H20N2O3. The molecule has 0 aliphatic carbocycles. The van der Waals surface area contributed by atoms with Crippen molar-refractivity contribution in [1.82, 2.24) is 5.32 Å². The molecule has 5 nitrogen and oxygen atoms in total. The Balaban J connectivity index is 2.76. The van der Waals surface area contributed by atoms with E-state index in [4.69, 9.17) is 5.11 Å². The lowest BCUT2D eigenvalue weighted by Gasteiger charge is -2.23. The molecule has 0 spiro atoms. The lowest BCUT2D eigenvalue weighted by atomic mass is 10.2. The second-order valence-electron chi connectivity index (χ2n) is 4.21. The van der Waals surface area contributed by atoms with Crippen LogP contribution in [0.3, 0.4) is 0 Å². The molecule has 2 N–H and O–H groups in total. The van der Waals surface area contributed by atoms with Gasteiger partial charge in [0.1, 0.15) is 6.04 Å². The van der Waals surface area contributed by atoms with Gasteiger partial charge in [-0.3, -0.25) is 4.90 Å². The number of carbonyl (C=O) groups is 2. The Labute approximate surface area is 113 Å². The third-order valence-electron chi connectivity index (χ3n) is 2.80. The Bertz CT molecular complexity index is 420. The van der Waals surface area contributed by atoms with Crippen LogP contribution in [0.4, 0.5) is 10.5 Å². The first-order chi connectivity index (χ1) is 9.10. The first-order valence-electron chi connectivity index (χ1n) is 6.46. The van der Waals surface area contributed by atoms with E-state index in [1.165, 1.54) is 4.90 Å². The van der Waals surface area contributed by atoms with Crippen molar-refractivity contribution in [2.75, 3.05) is 11.4 Å². The molecule has 5 heteroatoms. The maximum Gasteiger partial charge on any atom is 0.326 e. The first kappa shape index (κ1) is 15.0. The molecule has 0 fully saturated rings. The number of anilines is 1. The van der Waals surface area contributed by atoms with Crippen molar-refractivity contribution >= 4 is 17.7 Å². The van der Waals surface area contributed by atoms with Crippen LogP contribution in [0.5, 0.6) is 0 Å². The molecule has 0 saturated carbocycles. The van der Waals surface area contributed by atoms with E-state index in [1.54, 1.807) is 0 Å². The molecule has 0 heterocycles. The number of nitrogens with zero attached hydrogens (tertiary/aromatic N) is 1. The highest BCUT2D eigenvalue weighted by Gasteiger charge is 2.22. The highest BCUT2D eigenvalue weighted by atomic mass is 16.4. The number of carboxylic acids is 1. The van der Waals surface area contributed by atoms with Crippen LogP contribution in [-0.4, -0.2) is 29.7 Å². The van der Waals surface area contributed by atoms with Gasteiger partial charge in [-0.1, -0.05) is 31.5 Å². The van der Waals surface area contributed by atoms with Gasteiger partial charge in [-0.25, -0.2) is 9.59 Å². The van der Waals surface area contributed by atoms with Gasteiger partial charge >= 0.3 is 12.0 Å². The SMILES string of the molecule is CCCC(NC(=O)N(CC)c1ccccc1)C(=O)O. The van der Waals surface area contributed by atoms with Crippen LogP contribution < -0.4 is 10.2 Å². The normalized spacial score (nSPS) is 11.7. The summed E-state index contributed by atoms with van der Waals surface area (Å²) in [5.41, 5.74) is 0.753. The van der Waals surface area contributed by atoms with Crippen LogP contribution in [0.25, 0.3) is 0 Å². The maximum atomic E-state index is 12.1. The minimum atomic E-state index is -1.00. The third-order valence-corrected chi connectivity index (χ3v) is 2.80. The molecule has 1 aromatic rings. The van der Waals surface area contributed by atoms with Gasteiger partial charge in [-0.15, -0.1) is 0 Å². The maximum absolute atomic E-state index is 12.1. The summed E-state index contributed by atoms with van der Waals surface area (Å²) in [7, 11) is 0. The van der Waals surface area contributed by atoms with Gasteiger partial charge in [0.25, 0.3) is 0 Å². The van der Waals surface area contributed by atoms with Gasteiger partial charge in [0, 0.05) is 12.2 Å². The zero-order chi connectivity index (χ0) is 14.3. The average Bonchev–Trinajstić information content (AvgIpc) is 2.40. The van der Waals surface area contributed by atoms with Crippen LogP contribution in [0.2, 0.25) is 0 Å². The predicted octanol–water partition coefficient (Wildman–Crippen LogP) is 2.48. The van der Waals surface area contributed by atoms with Crippen LogP contribution in [0.15, 0.2) is 30.3 Å². The lowest BCUT2D eigenvalue weighted by Crippen LogP contribution is -2.48. The fourth-order valence-electron chi connectivity index (χ4n) is 1.82. The predicted molar refractivity (Wildman–Crippen MR) is 74.3 cm³/mol. The molecule has 1 atom stereocenters. The van der Waals surface area contributed by atoms with Gasteiger partial charge in [0.05, 0.1) is 0 Å². The fraction of sp³-hybridized carbons (Fsp3) is 0.429. The van der Waals surface area contributed by atoms with E-state index in [-0.39, 0.29) is 6.03 Å². The largest absolute Gasteiger partial charge is 0.480 e. The molecule has 0 aliphatic heterocycles. The molecule has 104 valence electrons. The zero-order valence-electron chi connectivity index (χ0n) is 11.3. The fourth-order valence-corrected chi connectivity index (χ4v) is 1.82. The number of para-hydroxylation sites is 1. The molecule has 19 heavy (non-hydrogen) atoms. The van der Waals surface area contributed by atoms with Crippen molar-refractivity contribution in [3.05, 3.63) is 30.3 Å². The molecule has 0 saturated heterocycles. The first-order valence-corrected chi connectivity index (χ1v) is 6.46. The lowest BCUT2D eigenvalue weighted by molar-refractivity contribution is -0.139. The Kier molecular flexibility index (Phi) is 5.85. The standard InChI is InChI=1S/C14H20N2O3/c1-3-8-12(13(17)18)15-14(19)16(4-2)11-9-6-5-7-10-11/h5-7,9-10,12H,3-4,8H2,1-2H3,(H,15,19)(H,17,18). The number of urea groups is 1. The van der Waals surface area contributed by atoms with Gasteiger partial charge < -0.3 is 10.4 Å². The van der Waals surface area contributed by atoms with E-state index in [0.717, 1.165) is 5.69 Å². The van der Waals surface area contributed by atoms with Crippen molar-refractivity contribution in [1.29, 1.82) is 0 Å². The number of amides is 2. The second-order valence-corrected chi connectivity index (χ2v) is 4.21. The van der Waals surface area contributed by atoms with E-state index in [0.29, 0.717) is 19.4 Å². The molecule has 0 radical (unpaired) electrons. The quantitative estimate of drug-likeness (QED) is 0.829. The van der Waals surface area contributed by atoms with E-state index in [2.05, 4.69) is 5.32 Å². The summed E-state index contributed by atoms with van der Waals surface area (Å²) in [5.74, 6) is -1.00. The van der Waals surface area contributed by atoms with Crippen molar-refractivity contribution in [2.24, 2.45) is 0 Å². The number of rotatable bonds is 6. The summed E-state index contributed by atoms with van der Waals surface area (Å²) in [6.07, 6.45) is 1.13. The number of aliphatic carboxylic acids is 1. The number of benzene rings is 1. The van der Waals surface area contributed by atoms with Gasteiger partial charge in [0.15, 0.2) is 0 Å². The second kappa shape index (κ2) is 7.41. The van der Waals surface area contributed by atoms with Crippen LogP contribution in [0, 0.1) is 0 Å². The topological polar surface area (TPSA) is 69.6 Å². The molecule has 0 aliphatic rings. The molecular weight excluding hydrogens is 244 g/mol. The monoisotopic (exact) mass is 264 g/mol. The van der Waals surface area contributed by atoms with Crippen molar-refractivity contribution in [3.8, 4) is 0 Å². The zero-order valence-corrected chi connectivity index (χ0v) is 11.3. The average molecular weight is 264 g/mol. The minimum Gasteiger partial charge on any atom is -0.480 e. The summed E-state index contributed by atoms with van der Waals surface area (Å²) < 4.78 is 0. The Morgan fingerprint density at radius 1 is 1.26 bits per heavy atom. The smallest absolute Gasteiger partial charge is 0.326 e. The summed E-state index contributed by atoms with van der Waals surface area (Å²) in [5, 5.41) is 11.6. The number of hydrogen-bond donors (Lipinski definition) is 2. The molecule has 2 amide bonds. The molecule has 1 unspecified atom stereocenters. The molecule has 1 aromatic carbocycles. The van der Waals surface area contributed by atoms with Crippen molar-refractivity contribution < 1.29 is 14.7 Å². The van der Waals surface area contributed by atoms with E-state index in [9.17, 15) is 9.59 Å². The van der Waals surface area contributed by atoms with Gasteiger partial charge in [-0.05, 0) is 25.5 Å². The summed E-state index contributed by atoms with van der Waals surface area (Å²) >= 11 is 0. The Hall–Kier alpha value is -2.04. The highest BCUT2D eigenvalue weighted by Crippen LogP contribution is 2.13. The van der Waals surface area contributed by atoms with Crippen LogP contribution >= 0.6 is 0 Å². The number of hydrogen-bond acceptors (Lipinski definition) is 2. The van der Waals surface area contributed by atoms with Crippen molar-refractivity contribution in [3.63, 3.8) is 0 Å². The summed E-state index contributed by atoms with van der Waals surface area (Å²) in [6.45, 7) is 4.22. The number of nitrogens with one attached hydrogen (secondary N) is 1. The minimum absolute atomic E-state index is 0.380. The van der Waals surface area contributed by atoms with Crippen LogP contribution in [0.1, 0.15) is 26.7 Å². The molecule has 1 rings (SSSR count). The van der Waals surface area contributed by atoms with E-state index < -0.39 is 12.0 Å². The van der Waals surface area contributed by atoms with Crippen LogP contribution in [-0.2, 0) is 4.79 Å². The third kappa shape index (κ3) is 4.28. The Morgan fingerprint density at radius 2 is 1.89 bits per heavy atom. The van der Waals surface area contributed by atoms with E-state index >= 15 is 0 Å². The highest BCUT2D eigenvalue weighted by molar-refractivity contribution is 5.94. The molecule has 0 aromatic heterocycles. The molecule has 0 bridgehead atoms. The Morgan fingerprint density at radius 3 is 2.37 bits per heavy atom. The van der Waals surface area contributed by atoms with Crippen molar-refractivity contribution in [2.45, 2.75) is 32.7 Å². The van der Waals surface area contributed by atoms with Gasteiger partial charge in [-0.2, -0.15) is 0 Å². The summed E-state index contributed by atoms with van der Waals surface area (Å²) in [4.78, 5) is 24.7. The number of carboxylic acid groups (broad SMARTS) is 1. The van der Waals surface area contributed by atoms with Gasteiger partial charge in [0.2, 0.25) is 0 Å². The number of carbonyl (C=O) groups excluding carboxylic acids is 1. The van der Waals surface area contributed by atoms with E-state index in [1.807, 2.05) is 44.2 Å². The summed E-state index contributed by atoms with van der Waals surface area (Å²) in [6, 6.07) is 7.96.